The van der Waals surface area contributed by atoms with Crippen LogP contribution in [-0.2, 0) is 0 Å². The minimum absolute atomic E-state index is 0.523. The van der Waals surface area contributed by atoms with Crippen LogP contribution >= 0.6 is 0 Å². The van der Waals surface area contributed by atoms with Gasteiger partial charge in [0, 0.05) is 58.5 Å². The Bertz CT molecular complexity index is 223. The number of nitrogens with one attached hydrogen (secondary N) is 3. The van der Waals surface area contributed by atoms with E-state index in [4.69, 9.17) is 17.2 Å². The monoisotopic (exact) mass is 378 g/mol. The molecule has 0 heterocycles. The van der Waals surface area contributed by atoms with Gasteiger partial charge in [-0.25, -0.2) is 5.01 Å². The summed E-state index contributed by atoms with van der Waals surface area (Å²) in [6, 6.07) is 0.523. The summed E-state index contributed by atoms with van der Waals surface area (Å²) in [5.74, 6) is 0. The quantitative estimate of drug-likeness (QED) is 0.137. The normalized spacial score (nSPS) is 10.6. The third kappa shape index (κ3) is 28.5. The molecule has 8 nitrogen and oxygen atoms in total. The summed E-state index contributed by atoms with van der Waals surface area (Å²) in [7, 11) is 1.97. The Hall–Kier alpha value is -0.320. The van der Waals surface area contributed by atoms with Crippen LogP contribution in [0.5, 0.6) is 0 Å². The molecule has 0 aromatic carbocycles. The summed E-state index contributed by atoms with van der Waals surface area (Å²) in [6.07, 6.45) is 1.20. The maximum Gasteiger partial charge on any atom is 0.0430 e. The second-order valence-corrected chi connectivity index (χ2v) is 6.14. The molecule has 0 unspecified atom stereocenters. The van der Waals surface area contributed by atoms with Gasteiger partial charge >= 0.3 is 0 Å². The minimum Gasteiger partial charge on any atom is -0.329 e. The third-order valence-electron chi connectivity index (χ3n) is 3.48. The number of nitrogens with two attached hydrogens (primary N) is 3. The van der Waals surface area contributed by atoms with Crippen LogP contribution < -0.4 is 33.3 Å². The summed E-state index contributed by atoms with van der Waals surface area (Å²) in [4.78, 5) is 2.24. The first-order valence-electron chi connectivity index (χ1n) is 10.2. The number of likely N-dealkylation sites (N-methyl/N-ethyl adjacent to an activating group) is 2. The minimum atomic E-state index is 0.523. The van der Waals surface area contributed by atoms with Crippen molar-refractivity contribution in [1.82, 2.24) is 26.0 Å². The zero-order valence-electron chi connectivity index (χ0n) is 18.5. The van der Waals surface area contributed by atoms with Crippen molar-refractivity contribution < 1.29 is 0 Å². The lowest BCUT2D eigenvalue weighted by Crippen LogP contribution is -2.40. The highest BCUT2D eigenvalue weighted by Gasteiger charge is 1.97. The van der Waals surface area contributed by atoms with Gasteiger partial charge in [-0.1, -0.05) is 20.8 Å². The fraction of sp³-hybridized carbons (Fsp3) is 1.00. The Morgan fingerprint density at radius 2 is 1.46 bits per heavy atom. The van der Waals surface area contributed by atoms with Crippen molar-refractivity contribution in [2.45, 2.75) is 47.1 Å². The number of hydrogen-bond acceptors (Lipinski definition) is 8. The molecule has 0 amide bonds. The molecule has 0 aliphatic carbocycles. The van der Waals surface area contributed by atoms with Gasteiger partial charge in [0.15, 0.2) is 0 Å². The molecule has 9 N–H and O–H groups in total. The van der Waals surface area contributed by atoms with Crippen molar-refractivity contribution in [3.05, 3.63) is 0 Å². The lowest BCUT2D eigenvalue weighted by atomic mass is 10.4. The van der Waals surface area contributed by atoms with E-state index in [2.05, 4.69) is 60.6 Å². The molecule has 0 aromatic rings. The molecule has 0 aromatic heterocycles. The van der Waals surface area contributed by atoms with Crippen molar-refractivity contribution in [1.29, 1.82) is 0 Å². The van der Waals surface area contributed by atoms with Crippen molar-refractivity contribution >= 4 is 0 Å². The highest BCUT2D eigenvalue weighted by molar-refractivity contribution is 4.54. The third-order valence-corrected chi connectivity index (χ3v) is 3.48. The first-order chi connectivity index (χ1) is 12.5. The Morgan fingerprint density at radius 3 is 1.73 bits per heavy atom. The zero-order chi connectivity index (χ0) is 20.6. The van der Waals surface area contributed by atoms with Crippen molar-refractivity contribution in [3.63, 3.8) is 0 Å². The van der Waals surface area contributed by atoms with E-state index in [1.54, 1.807) is 0 Å². The average Bonchev–Trinajstić information content (AvgIpc) is 2.62. The van der Waals surface area contributed by atoms with Gasteiger partial charge in [0.1, 0.15) is 0 Å². The van der Waals surface area contributed by atoms with Crippen LogP contribution in [0.15, 0.2) is 0 Å². The number of rotatable bonds is 14. The topological polar surface area (TPSA) is 121 Å². The first-order valence-corrected chi connectivity index (χ1v) is 10.2. The van der Waals surface area contributed by atoms with E-state index in [9.17, 15) is 0 Å². The zero-order valence-corrected chi connectivity index (χ0v) is 18.5. The number of nitrogens with zero attached hydrogens (tertiary/aromatic N) is 2. The molecular formula is C18H50N8. The van der Waals surface area contributed by atoms with Crippen molar-refractivity contribution in [2.24, 2.45) is 17.2 Å². The highest BCUT2D eigenvalue weighted by atomic mass is 15.5. The molecule has 0 aliphatic heterocycles. The van der Waals surface area contributed by atoms with Gasteiger partial charge in [0.2, 0.25) is 0 Å². The predicted octanol–water partition coefficient (Wildman–Crippen LogP) is -0.431. The van der Waals surface area contributed by atoms with Crippen LogP contribution in [0, 0.1) is 0 Å². The SMILES string of the molecule is CC(C)NCN.CCCN(CCNCC)NC.CCN(CCN)CCN. The molecular weight excluding hydrogens is 328 g/mol. The molecule has 0 radical (unpaired) electrons. The van der Waals surface area contributed by atoms with Crippen molar-refractivity contribution in [3.8, 4) is 0 Å². The van der Waals surface area contributed by atoms with E-state index in [-0.39, 0.29) is 0 Å². The predicted molar refractivity (Wildman–Crippen MR) is 117 cm³/mol. The second kappa shape index (κ2) is 26.9. The van der Waals surface area contributed by atoms with Crippen LogP contribution in [0.4, 0.5) is 0 Å². The Kier molecular flexibility index (Phi) is 31.5. The fourth-order valence-electron chi connectivity index (χ4n) is 2.03. The Labute approximate surface area is 163 Å². The van der Waals surface area contributed by atoms with E-state index in [0.29, 0.717) is 12.7 Å². The van der Waals surface area contributed by atoms with Gasteiger partial charge < -0.3 is 32.7 Å². The van der Waals surface area contributed by atoms with Gasteiger partial charge in [0.05, 0.1) is 0 Å². The van der Waals surface area contributed by atoms with E-state index in [1.165, 1.54) is 6.42 Å². The van der Waals surface area contributed by atoms with Gasteiger partial charge in [-0.2, -0.15) is 0 Å². The maximum atomic E-state index is 5.35. The van der Waals surface area contributed by atoms with E-state index in [0.717, 1.165) is 58.9 Å². The standard InChI is InChI=1S/C8H21N3.C6H17N3.C4H12N2/c1-4-7-11(9-3)8-6-10-5-2;1-2-9(5-3-7)6-4-8;1-4(2)6-3-5/h9-10H,4-8H2,1-3H3;2-8H2,1H3;4,6H,3,5H2,1-2H3. The molecule has 162 valence electrons. The fourth-order valence-corrected chi connectivity index (χ4v) is 2.03. The van der Waals surface area contributed by atoms with Gasteiger partial charge in [-0.15, -0.1) is 0 Å². The Balaban J connectivity index is -0.000000319. The molecule has 0 aliphatic rings. The molecule has 0 bridgehead atoms. The number of hydrazine groups is 1. The van der Waals surface area contributed by atoms with Crippen LogP contribution in [0.2, 0.25) is 0 Å². The molecule has 0 fully saturated rings. The van der Waals surface area contributed by atoms with Crippen LogP contribution in [0.1, 0.15) is 41.0 Å². The van der Waals surface area contributed by atoms with Crippen LogP contribution in [-0.4, -0.2) is 88.6 Å². The smallest absolute Gasteiger partial charge is 0.0430 e. The van der Waals surface area contributed by atoms with E-state index in [1.807, 2.05) is 7.05 Å². The Morgan fingerprint density at radius 1 is 0.885 bits per heavy atom. The lowest BCUT2D eigenvalue weighted by molar-refractivity contribution is 0.209. The molecule has 26 heavy (non-hydrogen) atoms. The molecule has 0 spiro atoms. The average molecular weight is 379 g/mol. The van der Waals surface area contributed by atoms with Crippen LogP contribution in [0.3, 0.4) is 0 Å². The van der Waals surface area contributed by atoms with E-state index < -0.39 is 0 Å². The molecule has 0 saturated heterocycles. The van der Waals surface area contributed by atoms with Gasteiger partial charge in [-0.05, 0) is 40.4 Å². The van der Waals surface area contributed by atoms with Crippen LogP contribution in [0.25, 0.3) is 0 Å². The molecule has 8 heteroatoms. The lowest BCUT2D eigenvalue weighted by Gasteiger charge is -2.19. The molecule has 0 rings (SSSR count). The summed E-state index contributed by atoms with van der Waals surface area (Å²) in [6.45, 7) is 19.9. The van der Waals surface area contributed by atoms with Gasteiger partial charge in [-0.3, -0.25) is 5.43 Å². The summed E-state index contributed by atoms with van der Waals surface area (Å²) < 4.78 is 0. The summed E-state index contributed by atoms with van der Waals surface area (Å²) in [5, 5.41) is 8.50. The second-order valence-electron chi connectivity index (χ2n) is 6.14. The molecule has 0 saturated carbocycles. The molecule has 0 atom stereocenters. The van der Waals surface area contributed by atoms with Gasteiger partial charge in [0.25, 0.3) is 0 Å². The highest BCUT2D eigenvalue weighted by Crippen LogP contribution is 1.83. The van der Waals surface area contributed by atoms with E-state index >= 15 is 0 Å². The maximum absolute atomic E-state index is 5.35. The van der Waals surface area contributed by atoms with Crippen molar-refractivity contribution in [2.75, 3.05) is 72.6 Å². The largest absolute Gasteiger partial charge is 0.329 e. The number of hydrogen-bond donors (Lipinski definition) is 6. The summed E-state index contributed by atoms with van der Waals surface area (Å²) in [5.41, 5.74) is 19.0. The summed E-state index contributed by atoms with van der Waals surface area (Å²) >= 11 is 0. The first kappa shape index (κ1) is 30.4.